The molecule has 1 aromatic rings. The molecule has 0 atom stereocenters. The second-order valence-electron chi connectivity index (χ2n) is 2.36. The summed E-state index contributed by atoms with van der Waals surface area (Å²) in [5.41, 5.74) is 1.23. The first-order chi connectivity index (χ1) is 5.93. The van der Waals surface area contributed by atoms with E-state index < -0.39 is 0 Å². The van der Waals surface area contributed by atoms with E-state index in [9.17, 15) is 0 Å². The van der Waals surface area contributed by atoms with Crippen molar-refractivity contribution < 1.29 is 9.84 Å². The van der Waals surface area contributed by atoms with E-state index in [1.807, 2.05) is 36.4 Å². The maximum Gasteiger partial charge on any atom is 0.185 e. The minimum absolute atomic E-state index is 0.259. The highest BCUT2D eigenvalue weighted by Crippen LogP contribution is 1.99. The van der Waals surface area contributed by atoms with Crippen molar-refractivity contribution in [1.29, 1.82) is 0 Å². The van der Waals surface area contributed by atoms with Gasteiger partial charge in [0, 0.05) is 0 Å². The monoisotopic (exact) mass is 164 g/mol. The molecule has 0 saturated carbocycles. The third-order valence-electron chi connectivity index (χ3n) is 1.46. The molecule has 0 heterocycles. The highest BCUT2D eigenvalue weighted by molar-refractivity contribution is 5.16. The van der Waals surface area contributed by atoms with Gasteiger partial charge in [-0.2, -0.15) is 0 Å². The molecule has 64 valence electrons. The van der Waals surface area contributed by atoms with Crippen molar-refractivity contribution in [3.05, 3.63) is 48.2 Å². The molecule has 0 aliphatic carbocycles. The van der Waals surface area contributed by atoms with Gasteiger partial charge in [0.25, 0.3) is 0 Å². The third kappa shape index (κ3) is 3.21. The van der Waals surface area contributed by atoms with Crippen LogP contribution in [0.1, 0.15) is 5.56 Å². The Balaban J connectivity index is 2.33. The van der Waals surface area contributed by atoms with Gasteiger partial charge in [-0.1, -0.05) is 30.3 Å². The maximum absolute atomic E-state index is 8.29. The summed E-state index contributed by atoms with van der Waals surface area (Å²) in [6, 6.07) is 10.1. The molecule has 0 aliphatic heterocycles. The van der Waals surface area contributed by atoms with Crippen LogP contribution < -0.4 is 0 Å². The van der Waals surface area contributed by atoms with Gasteiger partial charge in [0.15, 0.2) is 6.79 Å². The Kier molecular flexibility index (Phi) is 3.95. The summed E-state index contributed by atoms with van der Waals surface area (Å²) in [6.07, 6.45) is 4.21. The Bertz CT molecular complexity index is 229. The molecule has 0 unspecified atom stereocenters. The summed E-state index contributed by atoms with van der Waals surface area (Å²) >= 11 is 0. The highest BCUT2D eigenvalue weighted by Gasteiger charge is 1.84. The summed E-state index contributed by atoms with van der Waals surface area (Å²) in [7, 11) is 0. The van der Waals surface area contributed by atoms with Crippen molar-refractivity contribution in [2.24, 2.45) is 0 Å². The predicted molar refractivity (Wildman–Crippen MR) is 47.5 cm³/mol. The van der Waals surface area contributed by atoms with E-state index in [1.165, 1.54) is 11.8 Å². The fourth-order valence-electron chi connectivity index (χ4n) is 0.909. The molecule has 1 N–H and O–H groups in total. The number of hydrogen-bond donors (Lipinski definition) is 1. The number of aliphatic hydroxyl groups is 1. The number of allylic oxidation sites excluding steroid dienone is 1. The number of hydrogen-bond acceptors (Lipinski definition) is 2. The smallest absolute Gasteiger partial charge is 0.185 e. The van der Waals surface area contributed by atoms with Gasteiger partial charge in [0.2, 0.25) is 0 Å². The Hall–Kier alpha value is -1.28. The van der Waals surface area contributed by atoms with Crippen molar-refractivity contribution in [2.75, 3.05) is 6.79 Å². The summed E-state index contributed by atoms with van der Waals surface area (Å²) < 4.78 is 4.63. The second-order valence-corrected chi connectivity index (χ2v) is 2.36. The number of ether oxygens (including phenoxy) is 1. The Labute approximate surface area is 72.1 Å². The van der Waals surface area contributed by atoms with Crippen LogP contribution in [0.4, 0.5) is 0 Å². The number of benzene rings is 1. The normalized spacial score (nSPS) is 10.4. The molecule has 0 fully saturated rings. The summed E-state index contributed by atoms with van der Waals surface area (Å²) in [6.45, 7) is -0.259. The van der Waals surface area contributed by atoms with Crippen LogP contribution in [0, 0.1) is 0 Å². The van der Waals surface area contributed by atoms with E-state index in [-0.39, 0.29) is 6.79 Å². The first kappa shape index (κ1) is 8.81. The Morgan fingerprint density at radius 1 is 1.25 bits per heavy atom. The highest BCUT2D eigenvalue weighted by atomic mass is 16.6. The molecule has 0 saturated heterocycles. The van der Waals surface area contributed by atoms with Gasteiger partial charge in [0.1, 0.15) is 0 Å². The molecular weight excluding hydrogens is 152 g/mol. The van der Waals surface area contributed by atoms with E-state index in [2.05, 4.69) is 4.74 Å². The Morgan fingerprint density at radius 3 is 2.67 bits per heavy atom. The number of rotatable bonds is 4. The fraction of sp³-hybridized carbons (Fsp3) is 0.200. The zero-order chi connectivity index (χ0) is 8.65. The maximum atomic E-state index is 8.29. The molecular formula is C10H12O2. The van der Waals surface area contributed by atoms with Crippen molar-refractivity contribution in [2.45, 2.75) is 6.42 Å². The van der Waals surface area contributed by atoms with Crippen molar-refractivity contribution in [1.82, 2.24) is 0 Å². The predicted octanol–water partition coefficient (Wildman–Crippen LogP) is 1.71. The zero-order valence-corrected chi connectivity index (χ0v) is 6.81. The summed E-state index contributed by atoms with van der Waals surface area (Å²) in [5, 5.41) is 8.29. The van der Waals surface area contributed by atoms with Crippen molar-refractivity contribution in [3.63, 3.8) is 0 Å². The van der Waals surface area contributed by atoms with Crippen LogP contribution in [-0.2, 0) is 11.2 Å². The SMILES string of the molecule is OCOC=CCc1ccccc1. The molecule has 1 aromatic carbocycles. The first-order valence-electron chi connectivity index (χ1n) is 3.85. The van der Waals surface area contributed by atoms with Crippen LogP contribution in [0.3, 0.4) is 0 Å². The van der Waals surface area contributed by atoms with Gasteiger partial charge >= 0.3 is 0 Å². The van der Waals surface area contributed by atoms with E-state index in [1.54, 1.807) is 0 Å². The van der Waals surface area contributed by atoms with Gasteiger partial charge < -0.3 is 9.84 Å². The lowest BCUT2D eigenvalue weighted by molar-refractivity contribution is 0.0599. The zero-order valence-electron chi connectivity index (χ0n) is 6.81. The molecule has 0 spiro atoms. The van der Waals surface area contributed by atoms with Crippen LogP contribution >= 0.6 is 0 Å². The van der Waals surface area contributed by atoms with Gasteiger partial charge in [-0.25, -0.2) is 0 Å². The van der Waals surface area contributed by atoms with E-state index in [0.717, 1.165) is 6.42 Å². The fourth-order valence-corrected chi connectivity index (χ4v) is 0.909. The first-order valence-corrected chi connectivity index (χ1v) is 3.85. The lowest BCUT2D eigenvalue weighted by Crippen LogP contribution is -1.83. The topological polar surface area (TPSA) is 29.5 Å². The standard InChI is InChI=1S/C10H12O2/c11-9-12-8-4-7-10-5-2-1-3-6-10/h1-6,8,11H,7,9H2. The lowest BCUT2D eigenvalue weighted by Gasteiger charge is -1.94. The minimum Gasteiger partial charge on any atom is -0.476 e. The minimum atomic E-state index is -0.259. The summed E-state index contributed by atoms with van der Waals surface area (Å²) in [5.74, 6) is 0. The molecule has 2 nitrogen and oxygen atoms in total. The van der Waals surface area contributed by atoms with Gasteiger partial charge in [-0.3, -0.25) is 0 Å². The van der Waals surface area contributed by atoms with Crippen LogP contribution in [-0.4, -0.2) is 11.9 Å². The molecule has 1 rings (SSSR count). The molecule has 0 aliphatic rings. The third-order valence-corrected chi connectivity index (χ3v) is 1.46. The average molecular weight is 164 g/mol. The Morgan fingerprint density at radius 2 is 2.00 bits per heavy atom. The second kappa shape index (κ2) is 5.38. The van der Waals surface area contributed by atoms with Crippen molar-refractivity contribution in [3.8, 4) is 0 Å². The molecule has 0 amide bonds. The van der Waals surface area contributed by atoms with Crippen molar-refractivity contribution >= 4 is 0 Å². The quantitative estimate of drug-likeness (QED) is 0.542. The van der Waals surface area contributed by atoms with Crippen LogP contribution in [0.2, 0.25) is 0 Å². The van der Waals surface area contributed by atoms with E-state index >= 15 is 0 Å². The van der Waals surface area contributed by atoms with Crippen LogP contribution in [0.5, 0.6) is 0 Å². The van der Waals surface area contributed by atoms with E-state index in [4.69, 9.17) is 5.11 Å². The average Bonchev–Trinajstić information content (AvgIpc) is 2.14. The van der Waals surface area contributed by atoms with Crippen LogP contribution in [0.15, 0.2) is 42.7 Å². The summed E-state index contributed by atoms with van der Waals surface area (Å²) in [4.78, 5) is 0. The molecule has 0 radical (unpaired) electrons. The van der Waals surface area contributed by atoms with Gasteiger partial charge in [0.05, 0.1) is 6.26 Å². The molecule has 12 heavy (non-hydrogen) atoms. The molecule has 0 bridgehead atoms. The largest absolute Gasteiger partial charge is 0.476 e. The van der Waals surface area contributed by atoms with Crippen LogP contribution in [0.25, 0.3) is 0 Å². The molecule has 2 heteroatoms. The lowest BCUT2D eigenvalue weighted by atomic mass is 10.2. The number of aliphatic hydroxyl groups excluding tert-OH is 1. The van der Waals surface area contributed by atoms with Gasteiger partial charge in [-0.05, 0) is 18.1 Å². The van der Waals surface area contributed by atoms with Gasteiger partial charge in [-0.15, -0.1) is 0 Å². The molecule has 0 aromatic heterocycles. The van der Waals surface area contributed by atoms with E-state index in [0.29, 0.717) is 0 Å².